The minimum atomic E-state index is 0.0139. The molecule has 188 valence electrons. The highest BCUT2D eigenvalue weighted by Gasteiger charge is 2.49. The molecule has 1 amide bonds. The van der Waals surface area contributed by atoms with Crippen LogP contribution in [-0.2, 0) is 4.79 Å². The molecular weight excluding hydrogens is 410 g/mol. The van der Waals surface area contributed by atoms with Gasteiger partial charge in [-0.15, -0.1) is 0 Å². The average Bonchev–Trinajstić information content (AvgIpc) is 3.57. The molecule has 0 aromatic heterocycles. The average molecular weight is 460 g/mol. The SMILES string of the molecule is C/C=C(C)\C=C/CC.C=C/C(=C(O)\C=C/C)N(CC1(N(CC)CCN(C)C)CC1)C(=O)CC. The molecule has 5 heteroatoms. The summed E-state index contributed by atoms with van der Waals surface area (Å²) >= 11 is 0. The Morgan fingerprint density at radius 3 is 2.12 bits per heavy atom. The van der Waals surface area contributed by atoms with E-state index in [-0.39, 0.29) is 17.2 Å². The van der Waals surface area contributed by atoms with Crippen LogP contribution in [0.5, 0.6) is 0 Å². The van der Waals surface area contributed by atoms with Crippen molar-refractivity contribution < 1.29 is 9.90 Å². The van der Waals surface area contributed by atoms with E-state index >= 15 is 0 Å². The summed E-state index contributed by atoms with van der Waals surface area (Å²) < 4.78 is 0. The maximum absolute atomic E-state index is 12.6. The van der Waals surface area contributed by atoms with Gasteiger partial charge in [0.05, 0.1) is 5.70 Å². The van der Waals surface area contributed by atoms with E-state index in [2.05, 4.69) is 76.4 Å². The summed E-state index contributed by atoms with van der Waals surface area (Å²) in [4.78, 5) is 19.0. The quantitative estimate of drug-likeness (QED) is 0.267. The van der Waals surface area contributed by atoms with Crippen LogP contribution in [0.4, 0.5) is 0 Å². The van der Waals surface area contributed by atoms with Crippen LogP contribution in [0.25, 0.3) is 0 Å². The molecule has 0 bridgehead atoms. The van der Waals surface area contributed by atoms with Gasteiger partial charge in [-0.1, -0.05) is 57.2 Å². The maximum atomic E-state index is 12.6. The Bertz CT molecular complexity index is 713. The van der Waals surface area contributed by atoms with E-state index in [9.17, 15) is 9.90 Å². The molecule has 1 aliphatic carbocycles. The summed E-state index contributed by atoms with van der Waals surface area (Å²) in [6.45, 7) is 19.5. The van der Waals surface area contributed by atoms with Crippen molar-refractivity contribution in [3.63, 3.8) is 0 Å². The van der Waals surface area contributed by atoms with Gasteiger partial charge in [0.15, 0.2) is 0 Å². The summed E-state index contributed by atoms with van der Waals surface area (Å²) in [7, 11) is 4.15. The minimum absolute atomic E-state index is 0.0139. The van der Waals surface area contributed by atoms with E-state index in [0.717, 1.165) is 38.9 Å². The Kier molecular flexibility index (Phi) is 15.4. The molecule has 0 saturated heterocycles. The predicted octanol–water partition coefficient (Wildman–Crippen LogP) is 6.09. The molecule has 5 nitrogen and oxygen atoms in total. The molecule has 0 aromatic carbocycles. The first-order valence-corrected chi connectivity index (χ1v) is 12.3. The van der Waals surface area contributed by atoms with Crippen LogP contribution in [0.3, 0.4) is 0 Å². The van der Waals surface area contributed by atoms with Crippen LogP contribution in [0.1, 0.15) is 67.2 Å². The maximum Gasteiger partial charge on any atom is 0.226 e. The molecular formula is C28H49N3O2. The van der Waals surface area contributed by atoms with Gasteiger partial charge in [-0.05, 0) is 72.8 Å². The second-order valence-electron chi connectivity index (χ2n) is 8.76. The fourth-order valence-electron chi connectivity index (χ4n) is 3.56. The van der Waals surface area contributed by atoms with Crippen LogP contribution in [0.2, 0.25) is 0 Å². The zero-order valence-electron chi connectivity index (χ0n) is 22.5. The monoisotopic (exact) mass is 459 g/mol. The Morgan fingerprint density at radius 2 is 1.73 bits per heavy atom. The summed E-state index contributed by atoms with van der Waals surface area (Å²) in [5, 5.41) is 10.3. The number of carbonyl (C=O) groups excluding carboxylic acids is 1. The van der Waals surface area contributed by atoms with Crippen LogP contribution >= 0.6 is 0 Å². The van der Waals surface area contributed by atoms with Crippen molar-refractivity contribution in [1.82, 2.24) is 14.7 Å². The molecule has 1 rings (SSSR count). The molecule has 33 heavy (non-hydrogen) atoms. The Labute approximate surface area is 203 Å². The molecule has 1 N–H and O–H groups in total. The number of aliphatic hydroxyl groups is 1. The minimum Gasteiger partial charge on any atom is -0.506 e. The van der Waals surface area contributed by atoms with Gasteiger partial charge in [0, 0.05) is 31.6 Å². The van der Waals surface area contributed by atoms with Crippen molar-refractivity contribution in [3.8, 4) is 0 Å². The normalized spacial score (nSPS) is 16.1. The molecule has 0 radical (unpaired) electrons. The van der Waals surface area contributed by atoms with E-state index in [4.69, 9.17) is 0 Å². The number of amides is 1. The number of hydrogen-bond acceptors (Lipinski definition) is 4. The molecule has 0 spiro atoms. The summed E-state index contributed by atoms with van der Waals surface area (Å²) in [5.41, 5.74) is 1.85. The van der Waals surface area contributed by atoms with E-state index in [1.54, 1.807) is 23.1 Å². The number of likely N-dealkylation sites (N-methyl/N-ethyl adjacent to an activating group) is 2. The van der Waals surface area contributed by atoms with Crippen LogP contribution in [0, 0.1) is 0 Å². The van der Waals surface area contributed by atoms with Gasteiger partial charge in [-0.25, -0.2) is 0 Å². The van der Waals surface area contributed by atoms with E-state index in [1.807, 2.05) is 13.8 Å². The van der Waals surface area contributed by atoms with Crippen molar-refractivity contribution in [2.24, 2.45) is 0 Å². The highest BCUT2D eigenvalue weighted by atomic mass is 16.3. The van der Waals surface area contributed by atoms with Gasteiger partial charge in [0.2, 0.25) is 5.91 Å². The largest absolute Gasteiger partial charge is 0.506 e. The van der Waals surface area contributed by atoms with Gasteiger partial charge >= 0.3 is 0 Å². The highest BCUT2D eigenvalue weighted by Crippen LogP contribution is 2.43. The Hall–Kier alpha value is -2.11. The Balaban J connectivity index is 0.00000109. The third kappa shape index (κ3) is 11.0. The Morgan fingerprint density at radius 1 is 1.09 bits per heavy atom. The van der Waals surface area contributed by atoms with Crippen LogP contribution < -0.4 is 0 Å². The van der Waals surface area contributed by atoms with Crippen molar-refractivity contribution in [1.29, 1.82) is 0 Å². The first-order valence-electron chi connectivity index (χ1n) is 12.3. The zero-order chi connectivity index (χ0) is 25.4. The summed E-state index contributed by atoms with van der Waals surface area (Å²) in [5.74, 6) is 0.104. The van der Waals surface area contributed by atoms with Crippen LogP contribution in [-0.4, -0.2) is 71.5 Å². The van der Waals surface area contributed by atoms with Gasteiger partial charge < -0.3 is 14.9 Å². The van der Waals surface area contributed by atoms with Crippen molar-refractivity contribution in [3.05, 3.63) is 60.1 Å². The zero-order valence-corrected chi connectivity index (χ0v) is 22.5. The molecule has 0 aromatic rings. The summed E-state index contributed by atoms with van der Waals surface area (Å²) in [6.07, 6.45) is 15.0. The van der Waals surface area contributed by atoms with Gasteiger partial charge in [0.1, 0.15) is 5.76 Å². The molecule has 0 aliphatic heterocycles. The summed E-state index contributed by atoms with van der Waals surface area (Å²) in [6, 6.07) is 0. The first kappa shape index (κ1) is 30.9. The number of hydrogen-bond donors (Lipinski definition) is 1. The second kappa shape index (κ2) is 16.5. The number of aliphatic hydroxyl groups excluding tert-OH is 1. The lowest BCUT2D eigenvalue weighted by Gasteiger charge is -2.36. The number of nitrogens with zero attached hydrogens (tertiary/aromatic N) is 3. The van der Waals surface area contributed by atoms with E-state index < -0.39 is 0 Å². The molecule has 0 heterocycles. The molecule has 0 unspecified atom stereocenters. The number of rotatable bonds is 13. The van der Waals surface area contributed by atoms with Gasteiger partial charge in [0.25, 0.3) is 0 Å². The number of carbonyl (C=O) groups is 1. The molecule has 1 fully saturated rings. The first-order chi connectivity index (χ1) is 15.7. The molecule has 1 saturated carbocycles. The lowest BCUT2D eigenvalue weighted by Crippen LogP contribution is -2.49. The fourth-order valence-corrected chi connectivity index (χ4v) is 3.56. The standard InChI is InChI=1S/C20H35N3O2.C8H14/c1-7-11-18(24)17(8-2)23(19(25)9-3)16-20(12-13-20)22(10-4)15-14-21(5)6;1-4-6-7-8(3)5-2/h7-8,11,24H,2,9-10,12-16H2,1,3-6H3;5-7H,4H2,1-3H3/b11-7-,18-17-;7-6-,8-5-. The predicted molar refractivity (Wildman–Crippen MR) is 143 cm³/mol. The van der Waals surface area contributed by atoms with Crippen molar-refractivity contribution >= 4 is 5.91 Å². The third-order valence-corrected chi connectivity index (χ3v) is 5.90. The third-order valence-electron chi connectivity index (χ3n) is 5.90. The fraction of sp³-hybridized carbons (Fsp3) is 0.607. The lowest BCUT2D eigenvalue weighted by molar-refractivity contribution is -0.129. The smallest absolute Gasteiger partial charge is 0.226 e. The van der Waals surface area contributed by atoms with Crippen molar-refractivity contribution in [2.45, 2.75) is 72.8 Å². The number of allylic oxidation sites excluding steroid dienone is 7. The molecule has 0 atom stereocenters. The lowest BCUT2D eigenvalue weighted by atomic mass is 10.1. The van der Waals surface area contributed by atoms with Gasteiger partial charge in [-0.2, -0.15) is 0 Å². The highest BCUT2D eigenvalue weighted by molar-refractivity contribution is 5.78. The van der Waals surface area contributed by atoms with E-state index in [0.29, 0.717) is 18.7 Å². The topological polar surface area (TPSA) is 47.0 Å². The molecule has 1 aliphatic rings. The van der Waals surface area contributed by atoms with E-state index in [1.165, 1.54) is 5.57 Å². The second-order valence-corrected chi connectivity index (χ2v) is 8.76. The van der Waals surface area contributed by atoms with Crippen molar-refractivity contribution in [2.75, 3.05) is 40.3 Å². The van der Waals surface area contributed by atoms with Crippen LogP contribution in [0.15, 0.2) is 60.1 Å². The van der Waals surface area contributed by atoms with Gasteiger partial charge in [-0.3, -0.25) is 9.69 Å².